The summed E-state index contributed by atoms with van der Waals surface area (Å²) in [5, 5.41) is 11.2. The average Bonchev–Trinajstić information content (AvgIpc) is 3.36. The number of guanidine groups is 1. The minimum absolute atomic E-state index is 0.563. The normalized spacial score (nSPS) is 15.1. The van der Waals surface area contributed by atoms with Crippen molar-refractivity contribution in [3.63, 3.8) is 0 Å². The van der Waals surface area contributed by atoms with Gasteiger partial charge in [-0.15, -0.1) is 0 Å². The first kappa shape index (κ1) is 18.1. The highest BCUT2D eigenvalue weighted by Crippen LogP contribution is 2.30. The number of nitrogens with zero attached hydrogens (tertiary/aromatic N) is 3. The fourth-order valence-electron chi connectivity index (χ4n) is 3.25. The molecule has 26 heavy (non-hydrogen) atoms. The zero-order chi connectivity index (χ0) is 18.4. The number of ether oxygens (including phenoxy) is 2. The van der Waals surface area contributed by atoms with E-state index in [1.54, 1.807) is 21.3 Å². The number of rotatable bonds is 6. The third-order valence-electron chi connectivity index (χ3n) is 4.67. The van der Waals surface area contributed by atoms with Crippen LogP contribution in [-0.4, -0.2) is 37.0 Å². The van der Waals surface area contributed by atoms with E-state index >= 15 is 0 Å². The molecule has 0 saturated heterocycles. The van der Waals surface area contributed by atoms with Crippen LogP contribution in [0.4, 0.5) is 5.69 Å². The van der Waals surface area contributed by atoms with Crippen LogP contribution in [0.15, 0.2) is 35.5 Å². The van der Waals surface area contributed by atoms with E-state index in [9.17, 15) is 0 Å². The van der Waals surface area contributed by atoms with E-state index in [-0.39, 0.29) is 0 Å². The molecule has 2 aromatic rings. The second-order valence-corrected chi connectivity index (χ2v) is 6.35. The fourth-order valence-corrected chi connectivity index (χ4v) is 3.25. The lowest BCUT2D eigenvalue weighted by atomic mass is 10.3. The molecule has 0 unspecified atom stereocenters. The minimum atomic E-state index is 0.563. The highest BCUT2D eigenvalue weighted by molar-refractivity contribution is 5.93. The van der Waals surface area contributed by atoms with Crippen LogP contribution in [0.25, 0.3) is 0 Å². The molecule has 3 rings (SSSR count). The molecule has 0 amide bonds. The topological polar surface area (TPSA) is 72.7 Å². The van der Waals surface area contributed by atoms with Crippen LogP contribution in [0.3, 0.4) is 0 Å². The Morgan fingerprint density at radius 2 is 1.96 bits per heavy atom. The van der Waals surface area contributed by atoms with Crippen LogP contribution < -0.4 is 20.1 Å². The zero-order valence-electron chi connectivity index (χ0n) is 15.7. The molecule has 0 aliphatic heterocycles. The van der Waals surface area contributed by atoms with Gasteiger partial charge in [-0.25, -0.2) is 0 Å². The van der Waals surface area contributed by atoms with Gasteiger partial charge in [-0.05, 0) is 31.0 Å². The molecule has 0 radical (unpaired) electrons. The second-order valence-electron chi connectivity index (χ2n) is 6.35. The van der Waals surface area contributed by atoms with Crippen LogP contribution in [0.5, 0.6) is 11.5 Å². The van der Waals surface area contributed by atoms with Gasteiger partial charge in [0.1, 0.15) is 0 Å². The van der Waals surface area contributed by atoms with Crippen molar-refractivity contribution in [2.24, 2.45) is 4.99 Å². The van der Waals surface area contributed by atoms with Crippen molar-refractivity contribution in [2.75, 3.05) is 26.6 Å². The number of hydrogen-bond acceptors (Lipinski definition) is 4. The van der Waals surface area contributed by atoms with E-state index < -0.39 is 0 Å². The van der Waals surface area contributed by atoms with Gasteiger partial charge in [-0.3, -0.25) is 9.67 Å². The Hall–Kier alpha value is -2.70. The number of nitrogens with one attached hydrogen (secondary N) is 2. The molecule has 1 saturated carbocycles. The van der Waals surface area contributed by atoms with Gasteiger partial charge < -0.3 is 20.1 Å². The van der Waals surface area contributed by atoms with Crippen molar-refractivity contribution in [3.05, 3.63) is 36.2 Å². The summed E-state index contributed by atoms with van der Waals surface area (Å²) in [5.74, 6) is 2.04. The first-order valence-corrected chi connectivity index (χ1v) is 8.97. The molecule has 1 aromatic heterocycles. The van der Waals surface area contributed by atoms with Gasteiger partial charge >= 0.3 is 0 Å². The summed E-state index contributed by atoms with van der Waals surface area (Å²) in [6.07, 6.45) is 7.16. The number of hydrogen-bond donors (Lipinski definition) is 2. The van der Waals surface area contributed by atoms with Crippen molar-refractivity contribution < 1.29 is 9.47 Å². The average molecular weight is 357 g/mol. The SMILES string of the molecule is CN=C(NCc1ccn(C2CCCC2)n1)Nc1ccc(OC)c(OC)c1. The number of aromatic nitrogens is 2. The lowest BCUT2D eigenvalue weighted by Gasteiger charge is -2.13. The zero-order valence-corrected chi connectivity index (χ0v) is 15.7. The molecule has 0 spiro atoms. The van der Waals surface area contributed by atoms with Gasteiger partial charge in [0, 0.05) is 25.0 Å². The van der Waals surface area contributed by atoms with Gasteiger partial charge in [0.05, 0.1) is 32.5 Å². The molecular formula is C19H27N5O2. The Balaban J connectivity index is 1.58. The molecular weight excluding hydrogens is 330 g/mol. The van der Waals surface area contributed by atoms with E-state index in [1.807, 2.05) is 18.2 Å². The van der Waals surface area contributed by atoms with Gasteiger partial charge in [-0.1, -0.05) is 12.8 Å². The molecule has 0 atom stereocenters. The lowest BCUT2D eigenvalue weighted by molar-refractivity contribution is 0.355. The number of methoxy groups -OCH3 is 2. The molecule has 1 aliphatic carbocycles. The fraction of sp³-hybridized carbons (Fsp3) is 0.474. The van der Waals surface area contributed by atoms with E-state index in [0.29, 0.717) is 30.0 Å². The summed E-state index contributed by atoms with van der Waals surface area (Å²) in [6, 6.07) is 8.28. The molecule has 1 fully saturated rings. The monoisotopic (exact) mass is 357 g/mol. The van der Waals surface area contributed by atoms with Crippen LogP contribution in [0, 0.1) is 0 Å². The van der Waals surface area contributed by atoms with Gasteiger partial charge in [0.2, 0.25) is 0 Å². The van der Waals surface area contributed by atoms with Crippen LogP contribution >= 0.6 is 0 Å². The predicted molar refractivity (Wildman–Crippen MR) is 103 cm³/mol. The third kappa shape index (κ3) is 4.28. The number of anilines is 1. The summed E-state index contributed by atoms with van der Waals surface area (Å²) in [7, 11) is 4.98. The second kappa shape index (κ2) is 8.60. The largest absolute Gasteiger partial charge is 0.493 e. The molecule has 7 nitrogen and oxygen atoms in total. The van der Waals surface area contributed by atoms with Gasteiger partial charge in [0.25, 0.3) is 0 Å². The highest BCUT2D eigenvalue weighted by Gasteiger charge is 2.17. The minimum Gasteiger partial charge on any atom is -0.493 e. The van der Waals surface area contributed by atoms with E-state index in [0.717, 1.165) is 11.4 Å². The Kier molecular flexibility index (Phi) is 5.99. The van der Waals surface area contributed by atoms with E-state index in [2.05, 4.69) is 32.6 Å². The number of benzene rings is 1. The maximum Gasteiger partial charge on any atom is 0.195 e. The molecule has 1 aliphatic rings. The first-order chi connectivity index (χ1) is 12.7. The maximum absolute atomic E-state index is 5.33. The molecule has 2 N–H and O–H groups in total. The quantitative estimate of drug-likeness (QED) is 0.613. The molecule has 1 aromatic carbocycles. The molecule has 7 heteroatoms. The highest BCUT2D eigenvalue weighted by atomic mass is 16.5. The van der Waals surface area contributed by atoms with Crippen LogP contribution in [-0.2, 0) is 6.54 Å². The summed E-state index contributed by atoms with van der Waals surface area (Å²) in [5.41, 5.74) is 1.87. The molecule has 0 bridgehead atoms. The summed E-state index contributed by atoms with van der Waals surface area (Å²) in [4.78, 5) is 4.27. The van der Waals surface area contributed by atoms with Crippen molar-refractivity contribution in [1.82, 2.24) is 15.1 Å². The summed E-state index contributed by atoms with van der Waals surface area (Å²) >= 11 is 0. The molecule has 1 heterocycles. The summed E-state index contributed by atoms with van der Waals surface area (Å²) < 4.78 is 12.7. The van der Waals surface area contributed by atoms with Crippen molar-refractivity contribution >= 4 is 11.6 Å². The van der Waals surface area contributed by atoms with Crippen molar-refractivity contribution in [1.29, 1.82) is 0 Å². The molecule has 140 valence electrons. The van der Waals surface area contributed by atoms with E-state index in [1.165, 1.54) is 25.7 Å². The van der Waals surface area contributed by atoms with Crippen LogP contribution in [0.2, 0.25) is 0 Å². The third-order valence-corrected chi connectivity index (χ3v) is 4.67. The van der Waals surface area contributed by atoms with Crippen LogP contribution in [0.1, 0.15) is 37.4 Å². The van der Waals surface area contributed by atoms with Gasteiger partial charge in [0.15, 0.2) is 17.5 Å². The Bertz CT molecular complexity index is 750. The summed E-state index contributed by atoms with van der Waals surface area (Å²) in [6.45, 7) is 0.618. The van der Waals surface area contributed by atoms with Crippen molar-refractivity contribution in [3.8, 4) is 11.5 Å². The lowest BCUT2D eigenvalue weighted by Crippen LogP contribution is -2.30. The van der Waals surface area contributed by atoms with Gasteiger partial charge in [-0.2, -0.15) is 5.10 Å². The Morgan fingerprint density at radius 3 is 2.65 bits per heavy atom. The smallest absolute Gasteiger partial charge is 0.195 e. The standard InChI is InChI=1S/C19H27N5O2/c1-20-19(22-14-8-9-17(25-2)18(12-14)26-3)21-13-15-10-11-24(23-15)16-6-4-5-7-16/h8-12,16H,4-7,13H2,1-3H3,(H2,20,21,22). The van der Waals surface area contributed by atoms with E-state index in [4.69, 9.17) is 14.6 Å². The van der Waals surface area contributed by atoms with Crippen molar-refractivity contribution in [2.45, 2.75) is 38.3 Å². The first-order valence-electron chi connectivity index (χ1n) is 8.97. The maximum atomic E-state index is 5.33. The predicted octanol–water partition coefficient (Wildman–Crippen LogP) is 3.20. The Morgan fingerprint density at radius 1 is 1.19 bits per heavy atom. The Labute approximate surface area is 154 Å². The number of aliphatic imine (C=N–C) groups is 1.